The Labute approximate surface area is 273 Å². The third-order valence-corrected chi connectivity index (χ3v) is 9.13. The minimum atomic E-state index is -1.34. The lowest BCUT2D eigenvalue weighted by Gasteiger charge is -2.35. The number of anilines is 2. The van der Waals surface area contributed by atoms with E-state index in [0.717, 1.165) is 23.7 Å². The van der Waals surface area contributed by atoms with Crippen LogP contribution in [0.4, 0.5) is 15.8 Å². The first-order valence-electron chi connectivity index (χ1n) is 15.3. The van der Waals surface area contributed by atoms with Crippen molar-refractivity contribution in [3.8, 4) is 0 Å². The molecule has 0 aliphatic carbocycles. The van der Waals surface area contributed by atoms with Crippen molar-refractivity contribution < 1.29 is 23.9 Å². The van der Waals surface area contributed by atoms with Gasteiger partial charge in [-0.05, 0) is 48.2 Å². The van der Waals surface area contributed by atoms with Crippen molar-refractivity contribution in [1.29, 1.82) is 0 Å². The molecule has 1 aliphatic heterocycles. The summed E-state index contributed by atoms with van der Waals surface area (Å²) in [5, 5.41) is 19.3. The molecule has 1 amide bonds. The number of hydrogen-bond acceptors (Lipinski definition) is 8. The van der Waals surface area contributed by atoms with Crippen molar-refractivity contribution in [3.05, 3.63) is 104 Å². The van der Waals surface area contributed by atoms with E-state index in [1.165, 1.54) is 11.1 Å². The molecule has 5 N–H and O–H groups in total. The highest BCUT2D eigenvalue weighted by Gasteiger charge is 2.23. The molecule has 1 atom stereocenters. The quantitative estimate of drug-likeness (QED) is 0.156. The Bertz CT molecular complexity index is 1910. The molecule has 0 bridgehead atoms. The highest BCUT2D eigenvalue weighted by Crippen LogP contribution is 2.27. The SMILES string of the molecule is CCn1cc(C(=O)O)c(=O)c2cc(F)c(N3CCN(OCc4ccc(NC(=O)Cn5cc(C(N)Cc6cccs6)[nH]5)cc4)CC3)cc21. The van der Waals surface area contributed by atoms with Gasteiger partial charge in [0.05, 0.1) is 29.5 Å². The van der Waals surface area contributed by atoms with Crippen molar-refractivity contribution in [2.45, 2.75) is 39.1 Å². The van der Waals surface area contributed by atoms with E-state index in [2.05, 4.69) is 16.5 Å². The standard InChI is InChI=1S/C33H36FN7O5S/c1-2-38-17-25(33(44)45)32(43)24-15-26(34)30(16-29(24)38)39-9-11-41(12-10-39)46-20-21-5-7-22(8-6-21)36-31(42)19-40-18-28(37-40)27(35)14-23-4-3-13-47-23/h3-8,13,15-18,27,37H,2,9-12,14,19-20,35H2,1H3,(H,36,42)(H,44,45). The fraction of sp³-hybridized carbons (Fsp3) is 0.303. The van der Waals surface area contributed by atoms with E-state index in [9.17, 15) is 19.5 Å². The van der Waals surface area contributed by atoms with Gasteiger partial charge in [0.1, 0.15) is 17.9 Å². The number of aromatic carboxylic acids is 1. The number of piperazine rings is 1. The first kappa shape index (κ1) is 32.2. The largest absolute Gasteiger partial charge is 0.477 e. The lowest BCUT2D eigenvalue weighted by molar-refractivity contribution is -0.171. The number of carbonyl (C=O) groups excluding carboxylic acids is 1. The molecule has 1 fully saturated rings. The topological polar surface area (TPSA) is 151 Å². The fourth-order valence-corrected chi connectivity index (χ4v) is 6.43. The highest BCUT2D eigenvalue weighted by molar-refractivity contribution is 7.09. The van der Waals surface area contributed by atoms with Crippen LogP contribution in [-0.2, 0) is 35.7 Å². The summed E-state index contributed by atoms with van der Waals surface area (Å²) in [5.74, 6) is -2.07. The molecule has 0 spiro atoms. The lowest BCUT2D eigenvalue weighted by atomic mass is 10.1. The number of halogens is 1. The molecule has 0 radical (unpaired) electrons. The Kier molecular flexibility index (Phi) is 9.54. The smallest absolute Gasteiger partial charge is 0.341 e. The average Bonchev–Trinajstić information content (AvgIpc) is 3.55. The van der Waals surface area contributed by atoms with Crippen LogP contribution in [0.5, 0.6) is 0 Å². The number of hydrogen-bond donors (Lipinski definition) is 4. The van der Waals surface area contributed by atoms with Gasteiger partial charge >= 0.3 is 5.97 Å². The molecule has 2 aromatic carbocycles. The van der Waals surface area contributed by atoms with E-state index in [1.807, 2.05) is 58.8 Å². The van der Waals surface area contributed by atoms with Crippen LogP contribution in [0, 0.1) is 5.82 Å². The number of nitrogens with zero attached hydrogens (tertiary/aromatic N) is 4. The summed E-state index contributed by atoms with van der Waals surface area (Å²) in [6, 6.07) is 14.1. The third kappa shape index (κ3) is 7.30. The predicted molar refractivity (Wildman–Crippen MR) is 178 cm³/mol. The van der Waals surface area contributed by atoms with Gasteiger partial charge < -0.3 is 25.6 Å². The number of nitrogens with two attached hydrogens (primary N) is 1. The highest BCUT2D eigenvalue weighted by atomic mass is 32.1. The monoisotopic (exact) mass is 661 g/mol. The number of fused-ring (bicyclic) bond motifs is 1. The van der Waals surface area contributed by atoms with Gasteiger partial charge in [0.15, 0.2) is 0 Å². The number of benzene rings is 2. The molecule has 0 saturated carbocycles. The normalized spacial score (nSPS) is 14.5. The van der Waals surface area contributed by atoms with Crippen LogP contribution in [0.15, 0.2) is 71.1 Å². The Morgan fingerprint density at radius 2 is 1.87 bits per heavy atom. The first-order valence-corrected chi connectivity index (χ1v) is 16.2. The van der Waals surface area contributed by atoms with Crippen LogP contribution < -0.4 is 21.4 Å². The summed E-state index contributed by atoms with van der Waals surface area (Å²) in [5.41, 5.74) is 8.53. The molecule has 1 aliphatic rings. The molecular weight excluding hydrogens is 625 g/mol. The second kappa shape index (κ2) is 13.9. The number of carboxylic acid groups (broad SMARTS) is 1. The summed E-state index contributed by atoms with van der Waals surface area (Å²) in [6.45, 7) is 4.82. The summed E-state index contributed by atoms with van der Waals surface area (Å²) in [6.07, 6.45) is 3.92. The number of hydroxylamine groups is 2. The maximum absolute atomic E-state index is 15.2. The zero-order valence-electron chi connectivity index (χ0n) is 25.8. The van der Waals surface area contributed by atoms with E-state index in [1.54, 1.807) is 26.7 Å². The molecule has 14 heteroatoms. The van der Waals surface area contributed by atoms with Crippen molar-refractivity contribution in [2.75, 3.05) is 36.4 Å². The minimum absolute atomic E-state index is 0.0469. The van der Waals surface area contributed by atoms with Gasteiger partial charge in [0, 0.05) is 67.5 Å². The van der Waals surface area contributed by atoms with Gasteiger partial charge in [-0.3, -0.25) is 24.2 Å². The second-order valence-corrected chi connectivity index (χ2v) is 12.5. The van der Waals surface area contributed by atoms with Gasteiger partial charge in [-0.15, -0.1) is 11.3 Å². The molecule has 3 aromatic heterocycles. The second-order valence-electron chi connectivity index (χ2n) is 11.4. The van der Waals surface area contributed by atoms with Crippen LogP contribution in [0.3, 0.4) is 0 Å². The number of carboxylic acids is 1. The number of aromatic amines is 1. The molecule has 6 rings (SSSR count). The van der Waals surface area contributed by atoms with E-state index < -0.39 is 17.2 Å². The van der Waals surface area contributed by atoms with E-state index in [0.29, 0.717) is 56.2 Å². The van der Waals surface area contributed by atoms with E-state index >= 15 is 4.39 Å². The van der Waals surface area contributed by atoms with Gasteiger partial charge in [0.25, 0.3) is 0 Å². The third-order valence-electron chi connectivity index (χ3n) is 8.23. The summed E-state index contributed by atoms with van der Waals surface area (Å²) >= 11 is 1.67. The minimum Gasteiger partial charge on any atom is -0.477 e. The molecular formula is C33H36FN7O5S. The maximum atomic E-state index is 15.2. The Morgan fingerprint density at radius 3 is 2.53 bits per heavy atom. The number of pyridine rings is 1. The van der Waals surface area contributed by atoms with Crippen LogP contribution in [0.2, 0.25) is 0 Å². The van der Waals surface area contributed by atoms with Crippen LogP contribution in [-0.4, -0.2) is 62.6 Å². The predicted octanol–water partition coefficient (Wildman–Crippen LogP) is 4.18. The Hall–Kier alpha value is -4.76. The first-order chi connectivity index (χ1) is 22.7. The van der Waals surface area contributed by atoms with Crippen molar-refractivity contribution >= 4 is 45.5 Å². The van der Waals surface area contributed by atoms with Gasteiger partial charge in [0.2, 0.25) is 11.3 Å². The molecule has 246 valence electrons. The van der Waals surface area contributed by atoms with Crippen molar-refractivity contribution in [3.63, 3.8) is 0 Å². The maximum Gasteiger partial charge on any atom is 0.341 e. The number of aromatic nitrogens is 3. The molecule has 1 unspecified atom stereocenters. The number of carbonyl (C=O) groups is 2. The number of H-pyrrole nitrogens is 1. The van der Waals surface area contributed by atoms with Crippen molar-refractivity contribution in [2.24, 2.45) is 5.73 Å². The number of nitrogens with one attached hydrogen (secondary N) is 2. The van der Waals surface area contributed by atoms with Crippen LogP contribution in [0.25, 0.3) is 10.9 Å². The zero-order chi connectivity index (χ0) is 33.1. The summed E-state index contributed by atoms with van der Waals surface area (Å²) in [7, 11) is 0. The Morgan fingerprint density at radius 1 is 1.13 bits per heavy atom. The van der Waals surface area contributed by atoms with Crippen molar-refractivity contribution in [1.82, 2.24) is 19.4 Å². The van der Waals surface area contributed by atoms with E-state index in [-0.39, 0.29) is 29.4 Å². The Balaban J connectivity index is 0.970. The molecule has 4 heterocycles. The molecule has 5 aromatic rings. The van der Waals surface area contributed by atoms with Gasteiger partial charge in [-0.25, -0.2) is 9.18 Å². The average molecular weight is 662 g/mol. The van der Waals surface area contributed by atoms with Gasteiger partial charge in [-0.1, -0.05) is 18.2 Å². The van der Waals surface area contributed by atoms with Crippen LogP contribution in [0.1, 0.15) is 39.5 Å². The number of rotatable bonds is 12. The molecule has 12 nitrogen and oxygen atoms in total. The van der Waals surface area contributed by atoms with E-state index in [4.69, 9.17) is 10.6 Å². The zero-order valence-corrected chi connectivity index (χ0v) is 26.6. The number of amides is 1. The number of aryl methyl sites for hydroxylation is 1. The molecule has 1 saturated heterocycles. The summed E-state index contributed by atoms with van der Waals surface area (Å²) < 4.78 is 18.6. The van der Waals surface area contributed by atoms with Crippen LogP contribution >= 0.6 is 11.3 Å². The molecule has 47 heavy (non-hydrogen) atoms. The fourth-order valence-electron chi connectivity index (χ4n) is 5.67. The summed E-state index contributed by atoms with van der Waals surface area (Å²) in [4.78, 5) is 45.8. The van der Waals surface area contributed by atoms with Gasteiger partial charge in [-0.2, -0.15) is 5.06 Å². The number of thiophene rings is 1. The lowest BCUT2D eigenvalue weighted by Crippen LogP contribution is -2.46.